The van der Waals surface area contributed by atoms with Gasteiger partial charge in [0.05, 0.1) is 23.9 Å². The average molecular weight is 683 g/mol. The van der Waals surface area contributed by atoms with Gasteiger partial charge >= 0.3 is 6.09 Å². The summed E-state index contributed by atoms with van der Waals surface area (Å²) in [6, 6.07) is 16.9. The molecule has 0 unspecified atom stereocenters. The van der Waals surface area contributed by atoms with Gasteiger partial charge in [-0.05, 0) is 80.6 Å². The number of aryl methyl sites for hydroxylation is 2. The van der Waals surface area contributed by atoms with Crippen molar-refractivity contribution in [3.05, 3.63) is 76.5 Å². The fraction of sp³-hybridized carbons (Fsp3) is 0.486. The Labute approximate surface area is 291 Å². The van der Waals surface area contributed by atoms with Gasteiger partial charge in [0.1, 0.15) is 6.07 Å². The number of rotatable bonds is 10. The van der Waals surface area contributed by atoms with Gasteiger partial charge in [-0.3, -0.25) is 4.79 Å². The number of piperidine rings is 1. The predicted molar refractivity (Wildman–Crippen MR) is 197 cm³/mol. The summed E-state index contributed by atoms with van der Waals surface area (Å²) >= 11 is 0. The van der Waals surface area contributed by atoms with E-state index in [1.54, 1.807) is 6.20 Å². The molecule has 2 aliphatic rings. The topological polar surface area (TPSA) is 127 Å². The molecule has 2 amide bonds. The number of nitriles is 1. The Bertz CT molecular complexity index is 1660. The number of amides is 2. The first-order valence-corrected chi connectivity index (χ1v) is 21.0. The molecular weight excluding hydrogens is 633 g/mol. The van der Waals surface area contributed by atoms with E-state index in [1.807, 2.05) is 55.1 Å². The lowest BCUT2D eigenvalue weighted by atomic mass is 9.94. The van der Waals surface area contributed by atoms with Crippen LogP contribution in [0.25, 0.3) is 0 Å². The molecule has 260 valence electrons. The maximum absolute atomic E-state index is 14.3. The summed E-state index contributed by atoms with van der Waals surface area (Å²) in [6.45, 7) is 16.8. The zero-order chi connectivity index (χ0) is 35.1. The standard InChI is InChI=1S/C37H50N8O3Si/c1-26-22-27(2)35(41-30-13-16-43(17-14-30)32-11-8-7-10-29(32)23-38)28(3)34(26)36(46)44-18-19-45(33-12-9-15-40-42-33)31(25-44)24-39-37(47)48-20-21-49(4,5)6/h7-12,15,22,30-31,41H,13-14,16-21,24-25H2,1-6H3,(H,39,47)/t31-/m1/s1. The van der Waals surface area contributed by atoms with Gasteiger partial charge in [-0.2, -0.15) is 10.4 Å². The summed E-state index contributed by atoms with van der Waals surface area (Å²) in [7, 11) is -1.33. The molecule has 3 heterocycles. The number of ether oxygens (including phenoxy) is 1. The van der Waals surface area contributed by atoms with E-state index in [-0.39, 0.29) is 18.0 Å². The quantitative estimate of drug-likeness (QED) is 0.257. The number of benzene rings is 2. The van der Waals surface area contributed by atoms with Crippen LogP contribution in [0.5, 0.6) is 0 Å². The third-order valence-electron chi connectivity index (χ3n) is 9.58. The van der Waals surface area contributed by atoms with E-state index in [9.17, 15) is 14.9 Å². The van der Waals surface area contributed by atoms with Crippen molar-refractivity contribution in [2.75, 3.05) is 61.0 Å². The second kappa shape index (κ2) is 15.7. The van der Waals surface area contributed by atoms with Crippen LogP contribution in [0.4, 0.5) is 22.0 Å². The molecule has 0 bridgehead atoms. The summed E-state index contributed by atoms with van der Waals surface area (Å²) < 4.78 is 5.49. The van der Waals surface area contributed by atoms with E-state index >= 15 is 0 Å². The summed E-state index contributed by atoms with van der Waals surface area (Å²) in [5.74, 6) is 0.701. The SMILES string of the molecule is Cc1cc(C)c(C(=O)N2CCN(c3cccnn3)[C@H](CNC(=O)OCC[Si](C)(C)C)C2)c(C)c1NC1CCN(c2ccccc2C#N)CC1. The summed E-state index contributed by atoms with van der Waals surface area (Å²) in [5.41, 5.74) is 6.45. The minimum atomic E-state index is -1.33. The van der Waals surface area contributed by atoms with Gasteiger partial charge < -0.3 is 30.1 Å². The highest BCUT2D eigenvalue weighted by atomic mass is 28.3. The molecular formula is C37H50N8O3Si. The monoisotopic (exact) mass is 682 g/mol. The number of carbonyl (C=O) groups is 2. The van der Waals surface area contributed by atoms with E-state index in [2.05, 4.69) is 69.3 Å². The van der Waals surface area contributed by atoms with E-state index in [1.165, 1.54) is 0 Å². The van der Waals surface area contributed by atoms with Crippen LogP contribution in [-0.2, 0) is 4.74 Å². The zero-order valence-corrected chi connectivity index (χ0v) is 30.8. The Morgan fingerprint density at radius 1 is 1.02 bits per heavy atom. The second-order valence-electron chi connectivity index (χ2n) is 14.4. The number of hydrogen-bond acceptors (Lipinski definition) is 9. The number of nitrogens with one attached hydrogen (secondary N) is 2. The van der Waals surface area contributed by atoms with Crippen molar-refractivity contribution in [2.45, 2.75) is 71.4 Å². The number of carbonyl (C=O) groups excluding carboxylic acids is 2. The minimum Gasteiger partial charge on any atom is -0.450 e. The summed E-state index contributed by atoms with van der Waals surface area (Å²) in [4.78, 5) is 33.3. The highest BCUT2D eigenvalue weighted by molar-refractivity contribution is 6.76. The molecule has 49 heavy (non-hydrogen) atoms. The average Bonchev–Trinajstić information content (AvgIpc) is 3.09. The molecule has 0 saturated carbocycles. The van der Waals surface area contributed by atoms with E-state index < -0.39 is 14.2 Å². The van der Waals surface area contributed by atoms with E-state index in [4.69, 9.17) is 4.74 Å². The molecule has 2 N–H and O–H groups in total. The van der Waals surface area contributed by atoms with Crippen LogP contribution in [0.1, 0.15) is 45.5 Å². The van der Waals surface area contributed by atoms with Gasteiger partial charge in [0.2, 0.25) is 0 Å². The number of alkyl carbamates (subject to hydrolysis) is 1. The highest BCUT2D eigenvalue weighted by Gasteiger charge is 2.33. The van der Waals surface area contributed by atoms with E-state index in [0.29, 0.717) is 44.2 Å². The first-order valence-electron chi connectivity index (χ1n) is 17.3. The molecule has 2 saturated heterocycles. The Morgan fingerprint density at radius 3 is 2.47 bits per heavy atom. The number of anilines is 3. The molecule has 0 aliphatic carbocycles. The molecule has 3 aromatic rings. The molecule has 2 fully saturated rings. The highest BCUT2D eigenvalue weighted by Crippen LogP contribution is 2.32. The number of hydrogen-bond donors (Lipinski definition) is 2. The van der Waals surface area contributed by atoms with Crippen LogP contribution in [0.15, 0.2) is 48.7 Å². The maximum atomic E-state index is 14.3. The lowest BCUT2D eigenvalue weighted by Crippen LogP contribution is -2.58. The molecule has 0 spiro atoms. The summed E-state index contributed by atoms with van der Waals surface area (Å²) in [6.07, 6.45) is 3.05. The fourth-order valence-electron chi connectivity index (χ4n) is 6.87. The molecule has 0 radical (unpaired) electrons. The largest absolute Gasteiger partial charge is 0.450 e. The molecule has 12 heteroatoms. The fourth-order valence-corrected chi connectivity index (χ4v) is 7.59. The van der Waals surface area contributed by atoms with Crippen molar-refractivity contribution < 1.29 is 14.3 Å². The number of nitrogens with zero attached hydrogens (tertiary/aromatic N) is 6. The van der Waals surface area contributed by atoms with Crippen molar-refractivity contribution in [2.24, 2.45) is 0 Å². The smallest absolute Gasteiger partial charge is 0.407 e. The number of aromatic nitrogens is 2. The zero-order valence-electron chi connectivity index (χ0n) is 29.8. The molecule has 2 aromatic carbocycles. The van der Waals surface area contributed by atoms with Crippen molar-refractivity contribution in [3.63, 3.8) is 0 Å². The van der Waals surface area contributed by atoms with Gasteiger partial charge in [0.25, 0.3) is 5.91 Å². The van der Waals surface area contributed by atoms with Crippen LogP contribution < -0.4 is 20.4 Å². The van der Waals surface area contributed by atoms with Crippen molar-refractivity contribution >= 4 is 37.3 Å². The maximum Gasteiger partial charge on any atom is 0.407 e. The first-order chi connectivity index (χ1) is 23.4. The third kappa shape index (κ3) is 8.89. The first kappa shape index (κ1) is 35.7. The van der Waals surface area contributed by atoms with Crippen LogP contribution in [0.3, 0.4) is 0 Å². The second-order valence-corrected chi connectivity index (χ2v) is 20.0. The number of para-hydroxylation sites is 1. The van der Waals surface area contributed by atoms with Crippen LogP contribution in [0, 0.1) is 32.1 Å². The molecule has 1 aromatic heterocycles. The minimum absolute atomic E-state index is 0.0116. The molecule has 5 rings (SSSR count). The van der Waals surface area contributed by atoms with Gasteiger partial charge in [0.15, 0.2) is 5.82 Å². The molecule has 2 aliphatic heterocycles. The van der Waals surface area contributed by atoms with E-state index in [0.717, 1.165) is 65.6 Å². The predicted octanol–water partition coefficient (Wildman–Crippen LogP) is 5.75. The number of piperazine rings is 1. The van der Waals surface area contributed by atoms with Gasteiger partial charge in [-0.15, -0.1) is 5.10 Å². The van der Waals surface area contributed by atoms with Crippen molar-refractivity contribution in [3.8, 4) is 6.07 Å². The van der Waals surface area contributed by atoms with Gasteiger partial charge in [0, 0.05) is 70.8 Å². The van der Waals surface area contributed by atoms with Crippen LogP contribution in [0.2, 0.25) is 25.7 Å². The van der Waals surface area contributed by atoms with Crippen LogP contribution >= 0.6 is 0 Å². The van der Waals surface area contributed by atoms with Crippen molar-refractivity contribution in [1.29, 1.82) is 5.26 Å². The normalized spacial score (nSPS) is 17.0. The Balaban J connectivity index is 1.28. The summed E-state index contributed by atoms with van der Waals surface area (Å²) in [5, 5.41) is 24.7. The Hall–Kier alpha value is -4.63. The molecule has 1 atom stereocenters. The lowest BCUT2D eigenvalue weighted by molar-refractivity contribution is 0.0719. The third-order valence-corrected chi connectivity index (χ3v) is 11.3. The lowest BCUT2D eigenvalue weighted by Gasteiger charge is -2.42. The Morgan fingerprint density at radius 2 is 1.78 bits per heavy atom. The Kier molecular flexibility index (Phi) is 11.4. The van der Waals surface area contributed by atoms with Crippen molar-refractivity contribution in [1.82, 2.24) is 20.4 Å². The van der Waals surface area contributed by atoms with Crippen LogP contribution in [-0.4, -0.2) is 93.1 Å². The molecule has 11 nitrogen and oxygen atoms in total. The van der Waals surface area contributed by atoms with Gasteiger partial charge in [-0.25, -0.2) is 4.79 Å². The van der Waals surface area contributed by atoms with Gasteiger partial charge in [-0.1, -0.05) is 37.8 Å².